The number of rotatable bonds is 3. The van der Waals surface area contributed by atoms with Crippen molar-refractivity contribution in [1.29, 1.82) is 0 Å². The average molecular weight is 187 g/mol. The molecule has 0 saturated carbocycles. The predicted octanol–water partition coefficient (Wildman–Crippen LogP) is 1.31. The first-order chi connectivity index (χ1) is 5.73. The Labute approximate surface area is 80.5 Å². The lowest BCUT2D eigenvalue weighted by Gasteiger charge is -2.25. The maximum absolute atomic E-state index is 11.2. The fourth-order valence-electron chi connectivity index (χ4n) is 0.863. The van der Waals surface area contributed by atoms with Gasteiger partial charge in [0.15, 0.2) is 0 Å². The van der Waals surface area contributed by atoms with E-state index in [0.29, 0.717) is 0 Å². The third-order valence-electron chi connectivity index (χ3n) is 1.83. The molecule has 0 radical (unpaired) electrons. The average Bonchev–Trinajstić information content (AvgIpc) is 1.82. The Morgan fingerprint density at radius 2 is 1.85 bits per heavy atom. The number of carbonyl (C=O) groups is 1. The number of aliphatic hydroxyl groups excluding tert-OH is 1. The van der Waals surface area contributed by atoms with E-state index in [1.807, 2.05) is 34.6 Å². The summed E-state index contributed by atoms with van der Waals surface area (Å²) in [6, 6.07) is 0.139. The van der Waals surface area contributed by atoms with Crippen molar-refractivity contribution in [2.45, 2.75) is 53.2 Å². The number of hydrogen-bond acceptors (Lipinski definition) is 2. The van der Waals surface area contributed by atoms with Gasteiger partial charge in [-0.05, 0) is 19.3 Å². The highest BCUT2D eigenvalue weighted by Crippen LogP contribution is 2.21. The van der Waals surface area contributed by atoms with Crippen LogP contribution in [-0.4, -0.2) is 23.2 Å². The number of hydrogen-bond donors (Lipinski definition) is 2. The molecule has 3 nitrogen and oxygen atoms in total. The molecule has 1 atom stereocenters. The lowest BCUT2D eigenvalue weighted by atomic mass is 9.87. The summed E-state index contributed by atoms with van der Waals surface area (Å²) >= 11 is 0. The van der Waals surface area contributed by atoms with Crippen LogP contribution in [0.2, 0.25) is 0 Å². The van der Waals surface area contributed by atoms with Gasteiger partial charge in [-0.2, -0.15) is 0 Å². The van der Waals surface area contributed by atoms with E-state index in [9.17, 15) is 9.90 Å². The normalized spacial score (nSPS) is 14.4. The standard InChI is InChI=1S/C10H21NO2/c1-7(2)11-9(13)6-8(12)10(3,4)5/h7-8,12H,6H2,1-5H3,(H,11,13). The van der Waals surface area contributed by atoms with Crippen molar-refractivity contribution in [2.75, 3.05) is 0 Å². The molecular formula is C10H21NO2. The highest BCUT2D eigenvalue weighted by molar-refractivity contribution is 5.76. The summed E-state index contributed by atoms with van der Waals surface area (Å²) in [6.07, 6.45) is -0.395. The molecule has 2 N–H and O–H groups in total. The van der Waals surface area contributed by atoms with Crippen molar-refractivity contribution in [3.8, 4) is 0 Å². The molecule has 0 aliphatic carbocycles. The number of carbonyl (C=O) groups excluding carboxylic acids is 1. The second kappa shape index (κ2) is 4.61. The summed E-state index contributed by atoms with van der Waals surface area (Å²) in [5, 5.41) is 12.4. The lowest BCUT2D eigenvalue weighted by molar-refractivity contribution is -0.125. The fourth-order valence-corrected chi connectivity index (χ4v) is 0.863. The molecule has 0 aliphatic heterocycles. The second-order valence-electron chi connectivity index (χ2n) is 4.81. The molecule has 0 aromatic carbocycles. The maximum Gasteiger partial charge on any atom is 0.222 e. The molecule has 3 heteroatoms. The van der Waals surface area contributed by atoms with E-state index in [0.717, 1.165) is 0 Å². The largest absolute Gasteiger partial charge is 0.392 e. The molecule has 1 amide bonds. The van der Waals surface area contributed by atoms with Crippen molar-refractivity contribution < 1.29 is 9.90 Å². The van der Waals surface area contributed by atoms with Gasteiger partial charge in [0.1, 0.15) is 0 Å². The SMILES string of the molecule is CC(C)NC(=O)CC(O)C(C)(C)C. The van der Waals surface area contributed by atoms with Crippen LogP contribution in [0.3, 0.4) is 0 Å². The van der Waals surface area contributed by atoms with Gasteiger partial charge < -0.3 is 10.4 Å². The lowest BCUT2D eigenvalue weighted by Crippen LogP contribution is -2.36. The van der Waals surface area contributed by atoms with Gasteiger partial charge in [-0.25, -0.2) is 0 Å². The van der Waals surface area contributed by atoms with E-state index >= 15 is 0 Å². The molecule has 0 spiro atoms. The van der Waals surface area contributed by atoms with Crippen molar-refractivity contribution in [1.82, 2.24) is 5.32 Å². The Kier molecular flexibility index (Phi) is 4.40. The molecule has 1 unspecified atom stereocenters. The number of aliphatic hydroxyl groups is 1. The highest BCUT2D eigenvalue weighted by Gasteiger charge is 2.24. The minimum Gasteiger partial charge on any atom is -0.392 e. The van der Waals surface area contributed by atoms with Gasteiger partial charge >= 0.3 is 0 Å². The van der Waals surface area contributed by atoms with Gasteiger partial charge in [0.05, 0.1) is 12.5 Å². The van der Waals surface area contributed by atoms with Crippen LogP contribution in [-0.2, 0) is 4.79 Å². The molecule has 78 valence electrons. The molecule has 0 saturated heterocycles. The van der Waals surface area contributed by atoms with E-state index in [1.165, 1.54) is 0 Å². The summed E-state index contributed by atoms with van der Waals surface area (Å²) in [5.41, 5.74) is -0.228. The molecule has 0 aliphatic rings. The van der Waals surface area contributed by atoms with Crippen LogP contribution >= 0.6 is 0 Å². The predicted molar refractivity (Wildman–Crippen MR) is 53.4 cm³/mol. The number of nitrogens with one attached hydrogen (secondary N) is 1. The van der Waals surface area contributed by atoms with Crippen LogP contribution < -0.4 is 5.32 Å². The Hall–Kier alpha value is -0.570. The van der Waals surface area contributed by atoms with Crippen LogP contribution in [0.5, 0.6) is 0 Å². The fraction of sp³-hybridized carbons (Fsp3) is 0.900. The molecule has 0 heterocycles. The van der Waals surface area contributed by atoms with E-state index in [-0.39, 0.29) is 23.8 Å². The Bertz CT molecular complexity index is 170. The quantitative estimate of drug-likeness (QED) is 0.700. The summed E-state index contributed by atoms with van der Waals surface area (Å²) in [7, 11) is 0. The number of amides is 1. The van der Waals surface area contributed by atoms with Gasteiger partial charge in [0, 0.05) is 6.04 Å². The molecule has 0 aromatic rings. The van der Waals surface area contributed by atoms with E-state index in [1.54, 1.807) is 0 Å². The van der Waals surface area contributed by atoms with Crippen LogP contribution in [0, 0.1) is 5.41 Å². The van der Waals surface area contributed by atoms with E-state index in [4.69, 9.17) is 0 Å². The van der Waals surface area contributed by atoms with Crippen LogP contribution in [0.15, 0.2) is 0 Å². The van der Waals surface area contributed by atoms with Crippen molar-refractivity contribution >= 4 is 5.91 Å². The summed E-state index contributed by atoms with van der Waals surface area (Å²) in [4.78, 5) is 11.2. The molecular weight excluding hydrogens is 166 g/mol. The summed E-state index contributed by atoms with van der Waals surface area (Å²) < 4.78 is 0. The zero-order valence-electron chi connectivity index (χ0n) is 9.22. The summed E-state index contributed by atoms with van der Waals surface area (Å²) in [5.74, 6) is -0.0857. The van der Waals surface area contributed by atoms with Gasteiger partial charge in [-0.1, -0.05) is 20.8 Å². The first kappa shape index (κ1) is 12.4. The maximum atomic E-state index is 11.2. The first-order valence-corrected chi connectivity index (χ1v) is 4.71. The van der Waals surface area contributed by atoms with Gasteiger partial charge in [0.25, 0.3) is 0 Å². The van der Waals surface area contributed by atoms with Crippen LogP contribution in [0.25, 0.3) is 0 Å². The van der Waals surface area contributed by atoms with Gasteiger partial charge in [0.2, 0.25) is 5.91 Å². The Morgan fingerprint density at radius 1 is 1.38 bits per heavy atom. The Morgan fingerprint density at radius 3 is 2.15 bits per heavy atom. The zero-order chi connectivity index (χ0) is 10.6. The minimum atomic E-state index is -0.578. The second-order valence-corrected chi connectivity index (χ2v) is 4.81. The molecule has 0 aromatic heterocycles. The van der Waals surface area contributed by atoms with Gasteiger partial charge in [-0.3, -0.25) is 4.79 Å². The van der Waals surface area contributed by atoms with E-state index in [2.05, 4.69) is 5.32 Å². The first-order valence-electron chi connectivity index (χ1n) is 4.71. The molecule has 13 heavy (non-hydrogen) atoms. The smallest absolute Gasteiger partial charge is 0.222 e. The third kappa shape index (κ3) is 5.64. The molecule has 0 fully saturated rings. The minimum absolute atomic E-state index is 0.0857. The van der Waals surface area contributed by atoms with Crippen LogP contribution in [0.4, 0.5) is 0 Å². The van der Waals surface area contributed by atoms with Crippen molar-refractivity contribution in [3.05, 3.63) is 0 Å². The van der Waals surface area contributed by atoms with Crippen molar-refractivity contribution in [2.24, 2.45) is 5.41 Å². The van der Waals surface area contributed by atoms with Crippen molar-refractivity contribution in [3.63, 3.8) is 0 Å². The van der Waals surface area contributed by atoms with Gasteiger partial charge in [-0.15, -0.1) is 0 Å². The van der Waals surface area contributed by atoms with E-state index < -0.39 is 6.10 Å². The molecule has 0 bridgehead atoms. The Balaban J connectivity index is 3.93. The summed E-state index contributed by atoms with van der Waals surface area (Å²) in [6.45, 7) is 9.56. The third-order valence-corrected chi connectivity index (χ3v) is 1.83. The highest BCUT2D eigenvalue weighted by atomic mass is 16.3. The topological polar surface area (TPSA) is 49.3 Å². The zero-order valence-corrected chi connectivity index (χ0v) is 9.22. The monoisotopic (exact) mass is 187 g/mol. The molecule has 0 rings (SSSR count). The van der Waals surface area contributed by atoms with Crippen LogP contribution in [0.1, 0.15) is 41.0 Å².